The van der Waals surface area contributed by atoms with E-state index in [1.165, 1.54) is 6.07 Å². The molecule has 3 aromatic rings. The fourth-order valence-electron chi connectivity index (χ4n) is 1.99. The molecule has 3 nitrogen and oxygen atoms in total. The summed E-state index contributed by atoms with van der Waals surface area (Å²) in [5.74, 6) is 0.270. The first-order chi connectivity index (χ1) is 9.13. The summed E-state index contributed by atoms with van der Waals surface area (Å²) in [5.41, 5.74) is 2.13. The van der Waals surface area contributed by atoms with Gasteiger partial charge in [-0.2, -0.15) is 0 Å². The lowest BCUT2D eigenvalue weighted by Gasteiger charge is -2.08. The van der Waals surface area contributed by atoms with Crippen molar-refractivity contribution in [1.82, 2.24) is 9.97 Å². The fourth-order valence-corrected chi connectivity index (χ4v) is 2.21. The standard InChI is InChI=1S/C14H11ClFN3/c1-8-11(16)2-3-14(18-8)19-13-7-9(15)6-12-10(13)4-5-17-12/h2-7,17H,1H3,(H,18,19). The molecule has 2 heterocycles. The molecule has 0 amide bonds. The molecule has 0 aliphatic heterocycles. The van der Waals surface area contributed by atoms with Crippen molar-refractivity contribution >= 4 is 34.0 Å². The van der Waals surface area contributed by atoms with Crippen molar-refractivity contribution in [2.45, 2.75) is 6.92 Å². The Labute approximate surface area is 114 Å². The predicted octanol–water partition coefficient (Wildman–Crippen LogP) is 4.41. The number of aryl methyl sites for hydroxylation is 1. The number of halogens is 2. The van der Waals surface area contributed by atoms with Crippen LogP contribution in [-0.2, 0) is 0 Å². The second-order valence-corrected chi connectivity index (χ2v) is 4.72. The summed E-state index contributed by atoms with van der Waals surface area (Å²) in [6, 6.07) is 8.61. The van der Waals surface area contributed by atoms with E-state index in [4.69, 9.17) is 11.6 Å². The predicted molar refractivity (Wildman–Crippen MR) is 75.5 cm³/mol. The van der Waals surface area contributed by atoms with E-state index in [1.807, 2.05) is 24.4 Å². The molecule has 0 aliphatic rings. The molecule has 0 spiro atoms. The van der Waals surface area contributed by atoms with Gasteiger partial charge in [0.1, 0.15) is 11.6 Å². The van der Waals surface area contributed by atoms with Crippen LogP contribution < -0.4 is 5.32 Å². The number of anilines is 2. The Bertz CT molecular complexity index is 752. The average Bonchev–Trinajstić information content (AvgIpc) is 2.82. The number of aromatic amines is 1. The zero-order valence-electron chi connectivity index (χ0n) is 10.2. The van der Waals surface area contributed by atoms with Crippen molar-refractivity contribution in [2.24, 2.45) is 0 Å². The average molecular weight is 276 g/mol. The lowest BCUT2D eigenvalue weighted by molar-refractivity contribution is 0.610. The molecule has 2 aromatic heterocycles. The van der Waals surface area contributed by atoms with Gasteiger partial charge in [0.2, 0.25) is 0 Å². The maximum Gasteiger partial charge on any atom is 0.144 e. The van der Waals surface area contributed by atoms with Gasteiger partial charge in [0.15, 0.2) is 0 Å². The molecular formula is C14H11ClFN3. The molecule has 0 unspecified atom stereocenters. The minimum absolute atomic E-state index is 0.316. The topological polar surface area (TPSA) is 40.7 Å². The van der Waals surface area contributed by atoms with Crippen LogP contribution in [0.1, 0.15) is 5.69 Å². The summed E-state index contributed by atoms with van der Waals surface area (Å²) >= 11 is 6.06. The van der Waals surface area contributed by atoms with E-state index in [0.717, 1.165) is 16.6 Å². The molecule has 19 heavy (non-hydrogen) atoms. The van der Waals surface area contributed by atoms with Gasteiger partial charge in [0.25, 0.3) is 0 Å². The lowest BCUT2D eigenvalue weighted by atomic mass is 10.2. The fraction of sp³-hybridized carbons (Fsp3) is 0.0714. The molecular weight excluding hydrogens is 265 g/mol. The van der Waals surface area contributed by atoms with Gasteiger partial charge in [-0.05, 0) is 37.3 Å². The minimum Gasteiger partial charge on any atom is -0.361 e. The van der Waals surface area contributed by atoms with Gasteiger partial charge in [-0.25, -0.2) is 9.37 Å². The molecule has 0 saturated carbocycles. The van der Waals surface area contributed by atoms with Gasteiger partial charge < -0.3 is 10.3 Å². The number of fused-ring (bicyclic) bond motifs is 1. The number of nitrogens with one attached hydrogen (secondary N) is 2. The van der Waals surface area contributed by atoms with Crippen molar-refractivity contribution in [3.8, 4) is 0 Å². The van der Waals surface area contributed by atoms with Crippen molar-refractivity contribution in [1.29, 1.82) is 0 Å². The van der Waals surface area contributed by atoms with Crippen LogP contribution in [-0.4, -0.2) is 9.97 Å². The van der Waals surface area contributed by atoms with Gasteiger partial charge in [-0.15, -0.1) is 0 Å². The number of rotatable bonds is 2. The Morgan fingerprint density at radius 1 is 1.26 bits per heavy atom. The van der Waals surface area contributed by atoms with Crippen molar-refractivity contribution < 1.29 is 4.39 Å². The Morgan fingerprint density at radius 3 is 2.89 bits per heavy atom. The molecule has 3 rings (SSSR count). The highest BCUT2D eigenvalue weighted by Gasteiger charge is 2.06. The number of benzene rings is 1. The number of pyridine rings is 1. The first-order valence-electron chi connectivity index (χ1n) is 5.80. The molecule has 0 saturated heterocycles. The zero-order chi connectivity index (χ0) is 13.4. The lowest BCUT2D eigenvalue weighted by Crippen LogP contribution is -1.97. The molecule has 1 aromatic carbocycles. The summed E-state index contributed by atoms with van der Waals surface area (Å²) in [6.07, 6.45) is 1.84. The summed E-state index contributed by atoms with van der Waals surface area (Å²) < 4.78 is 13.2. The van der Waals surface area contributed by atoms with Crippen molar-refractivity contribution in [2.75, 3.05) is 5.32 Å². The van der Waals surface area contributed by atoms with Crippen LogP contribution in [0.4, 0.5) is 15.9 Å². The third-order valence-electron chi connectivity index (χ3n) is 2.92. The molecule has 96 valence electrons. The smallest absolute Gasteiger partial charge is 0.144 e. The second kappa shape index (κ2) is 4.55. The number of nitrogens with zero attached hydrogens (tertiary/aromatic N) is 1. The van der Waals surface area contributed by atoms with E-state index in [1.54, 1.807) is 13.0 Å². The van der Waals surface area contributed by atoms with Gasteiger partial charge in [0.05, 0.1) is 11.4 Å². The van der Waals surface area contributed by atoms with E-state index >= 15 is 0 Å². The first kappa shape index (κ1) is 12.0. The zero-order valence-corrected chi connectivity index (χ0v) is 10.9. The number of hydrogen-bond donors (Lipinski definition) is 2. The molecule has 0 radical (unpaired) electrons. The highest BCUT2D eigenvalue weighted by molar-refractivity contribution is 6.31. The summed E-state index contributed by atoms with van der Waals surface area (Å²) in [7, 11) is 0. The Balaban J connectivity index is 2.04. The summed E-state index contributed by atoms with van der Waals surface area (Å²) in [5, 5.41) is 4.79. The maximum atomic E-state index is 13.2. The largest absolute Gasteiger partial charge is 0.361 e. The van der Waals surface area contributed by atoms with Crippen LogP contribution in [0.2, 0.25) is 5.02 Å². The quantitative estimate of drug-likeness (QED) is 0.727. The first-order valence-corrected chi connectivity index (χ1v) is 6.18. The summed E-state index contributed by atoms with van der Waals surface area (Å²) in [6.45, 7) is 1.63. The van der Waals surface area contributed by atoms with Crippen LogP contribution in [0.25, 0.3) is 10.9 Å². The number of aromatic nitrogens is 2. The second-order valence-electron chi connectivity index (χ2n) is 4.28. The number of H-pyrrole nitrogens is 1. The van der Waals surface area contributed by atoms with E-state index in [0.29, 0.717) is 16.5 Å². The molecule has 0 bridgehead atoms. The highest BCUT2D eigenvalue weighted by Crippen LogP contribution is 2.29. The third kappa shape index (κ3) is 2.27. The van der Waals surface area contributed by atoms with E-state index < -0.39 is 0 Å². The molecule has 0 atom stereocenters. The monoisotopic (exact) mass is 275 g/mol. The van der Waals surface area contributed by atoms with Gasteiger partial charge in [0, 0.05) is 22.1 Å². The maximum absolute atomic E-state index is 13.2. The minimum atomic E-state index is -0.316. The van der Waals surface area contributed by atoms with Crippen molar-refractivity contribution in [3.63, 3.8) is 0 Å². The molecule has 0 aliphatic carbocycles. The van der Waals surface area contributed by atoms with Gasteiger partial charge >= 0.3 is 0 Å². The van der Waals surface area contributed by atoms with Crippen LogP contribution in [0.5, 0.6) is 0 Å². The normalized spacial score (nSPS) is 10.9. The van der Waals surface area contributed by atoms with E-state index in [2.05, 4.69) is 15.3 Å². The molecule has 2 N–H and O–H groups in total. The van der Waals surface area contributed by atoms with Crippen LogP contribution in [0.15, 0.2) is 36.5 Å². The Hall–Kier alpha value is -2.07. The SMILES string of the molecule is Cc1nc(Nc2cc(Cl)cc3[nH]ccc23)ccc1F. The third-order valence-corrected chi connectivity index (χ3v) is 3.14. The van der Waals surface area contributed by atoms with Crippen LogP contribution in [0.3, 0.4) is 0 Å². The van der Waals surface area contributed by atoms with Crippen molar-refractivity contribution in [3.05, 3.63) is 53.1 Å². The molecule has 0 fully saturated rings. The van der Waals surface area contributed by atoms with Gasteiger partial charge in [-0.3, -0.25) is 0 Å². The molecule has 5 heteroatoms. The van der Waals surface area contributed by atoms with Gasteiger partial charge in [-0.1, -0.05) is 11.6 Å². The Kier molecular flexibility index (Phi) is 2.87. The Morgan fingerprint density at radius 2 is 2.11 bits per heavy atom. The highest BCUT2D eigenvalue weighted by atomic mass is 35.5. The number of hydrogen-bond acceptors (Lipinski definition) is 2. The van der Waals surface area contributed by atoms with E-state index in [-0.39, 0.29) is 5.82 Å². The van der Waals surface area contributed by atoms with Crippen LogP contribution in [0, 0.1) is 12.7 Å². The van der Waals surface area contributed by atoms with E-state index in [9.17, 15) is 4.39 Å². The summed E-state index contributed by atoms with van der Waals surface area (Å²) in [4.78, 5) is 7.25. The van der Waals surface area contributed by atoms with Crippen LogP contribution >= 0.6 is 11.6 Å².